The van der Waals surface area contributed by atoms with E-state index < -0.39 is 11.7 Å². The Bertz CT molecular complexity index is 1000. The van der Waals surface area contributed by atoms with Gasteiger partial charge in [-0.1, -0.05) is 6.42 Å². The molecule has 4 rings (SSSR count). The lowest BCUT2D eigenvalue weighted by atomic mass is 9.84. The number of carbonyl (C=O) groups is 3. The monoisotopic (exact) mass is 395 g/mol. The second kappa shape index (κ2) is 7.13. The summed E-state index contributed by atoms with van der Waals surface area (Å²) < 4.78 is 7.42. The van der Waals surface area contributed by atoms with E-state index in [1.54, 1.807) is 18.5 Å². The lowest BCUT2D eigenvalue weighted by Gasteiger charge is -2.28. The number of amides is 2. The maximum atomic E-state index is 13.0. The molecule has 2 aromatic rings. The Balaban J connectivity index is 1.59. The zero-order valence-electron chi connectivity index (χ0n) is 17.0. The Kier molecular flexibility index (Phi) is 4.76. The van der Waals surface area contributed by atoms with Crippen molar-refractivity contribution in [1.82, 2.24) is 14.5 Å². The molecule has 2 fully saturated rings. The molecule has 0 radical (unpaired) electrons. The fourth-order valence-electron chi connectivity index (χ4n) is 4.50. The maximum absolute atomic E-state index is 13.0. The summed E-state index contributed by atoms with van der Waals surface area (Å²) in [6.45, 7) is 5.44. The largest absolute Gasteiger partial charge is 0.432 e. The standard InChI is InChI=1S/C22H25N3O4/c1-14-9-17(12-23-11-14)25-15(2)10-18(16(25)3)19(26)13-24-20(27)22(29-21(24)28)7-5-4-6-8-22/h9-12H,4-8,13H2,1-3H3. The maximum Gasteiger partial charge on any atom is 0.418 e. The minimum absolute atomic E-state index is 0.275. The first-order chi connectivity index (χ1) is 13.8. The average Bonchev–Trinajstić information content (AvgIpc) is 3.10. The van der Waals surface area contributed by atoms with E-state index in [9.17, 15) is 14.4 Å². The second-order valence-corrected chi connectivity index (χ2v) is 8.08. The van der Waals surface area contributed by atoms with Crippen LogP contribution >= 0.6 is 0 Å². The summed E-state index contributed by atoms with van der Waals surface area (Å²) in [5, 5.41) is 0. The molecule has 2 aromatic heterocycles. The summed E-state index contributed by atoms with van der Waals surface area (Å²) in [5.74, 6) is -0.643. The molecule has 29 heavy (non-hydrogen) atoms. The summed E-state index contributed by atoms with van der Waals surface area (Å²) in [4.78, 5) is 43.5. The molecule has 7 heteroatoms. The number of ether oxygens (including phenoxy) is 1. The van der Waals surface area contributed by atoms with Gasteiger partial charge >= 0.3 is 6.09 Å². The van der Waals surface area contributed by atoms with Crippen molar-refractivity contribution in [2.24, 2.45) is 0 Å². The molecule has 0 atom stereocenters. The first-order valence-electron chi connectivity index (χ1n) is 10.0. The van der Waals surface area contributed by atoms with Crippen molar-refractivity contribution >= 4 is 17.8 Å². The van der Waals surface area contributed by atoms with Gasteiger partial charge in [-0.2, -0.15) is 0 Å². The van der Waals surface area contributed by atoms with Gasteiger partial charge in [0.25, 0.3) is 5.91 Å². The van der Waals surface area contributed by atoms with E-state index in [2.05, 4.69) is 4.98 Å². The molecule has 0 N–H and O–H groups in total. The smallest absolute Gasteiger partial charge is 0.418 e. The molecule has 0 bridgehead atoms. The average molecular weight is 395 g/mol. The van der Waals surface area contributed by atoms with Crippen LogP contribution in [-0.4, -0.2) is 44.4 Å². The third-order valence-electron chi connectivity index (χ3n) is 5.95. The topological polar surface area (TPSA) is 81.5 Å². The minimum Gasteiger partial charge on any atom is -0.432 e. The highest BCUT2D eigenvalue weighted by Crippen LogP contribution is 2.38. The molecule has 1 saturated heterocycles. The lowest BCUT2D eigenvalue weighted by molar-refractivity contribution is -0.139. The normalized spacial score (nSPS) is 18.4. The van der Waals surface area contributed by atoms with Crippen LogP contribution in [0.1, 0.15) is 59.4 Å². The zero-order valence-corrected chi connectivity index (χ0v) is 17.0. The summed E-state index contributed by atoms with van der Waals surface area (Å²) in [6.07, 6.45) is 6.63. The number of ketones is 1. The van der Waals surface area contributed by atoms with Crippen LogP contribution in [0.25, 0.3) is 5.69 Å². The SMILES string of the molecule is Cc1cncc(-n2c(C)cc(C(=O)CN3C(=O)OC4(CCCCC4)C3=O)c2C)c1. The highest BCUT2D eigenvalue weighted by atomic mass is 16.6. The van der Waals surface area contributed by atoms with E-state index in [0.29, 0.717) is 18.4 Å². The number of aryl methyl sites for hydroxylation is 2. The third kappa shape index (κ3) is 3.24. The zero-order chi connectivity index (χ0) is 20.8. The lowest BCUT2D eigenvalue weighted by Crippen LogP contribution is -2.44. The minimum atomic E-state index is -1.06. The third-order valence-corrected chi connectivity index (χ3v) is 5.95. The molecule has 0 aromatic carbocycles. The summed E-state index contributed by atoms with van der Waals surface area (Å²) >= 11 is 0. The number of rotatable bonds is 4. The number of pyridine rings is 1. The molecule has 1 saturated carbocycles. The number of Topliss-reactive ketones (excluding diaryl/α,β-unsaturated/α-hetero) is 1. The molecule has 2 amide bonds. The van der Waals surface area contributed by atoms with Crippen molar-refractivity contribution in [1.29, 1.82) is 0 Å². The van der Waals surface area contributed by atoms with Crippen molar-refractivity contribution in [3.05, 3.63) is 47.0 Å². The number of nitrogens with zero attached hydrogens (tertiary/aromatic N) is 3. The van der Waals surface area contributed by atoms with Crippen molar-refractivity contribution < 1.29 is 19.1 Å². The van der Waals surface area contributed by atoms with Gasteiger partial charge in [0.1, 0.15) is 0 Å². The molecule has 1 spiro atoms. The second-order valence-electron chi connectivity index (χ2n) is 8.08. The number of hydrogen-bond donors (Lipinski definition) is 0. The molecular formula is C22H25N3O4. The molecule has 7 nitrogen and oxygen atoms in total. The van der Waals surface area contributed by atoms with E-state index in [4.69, 9.17) is 4.74 Å². The van der Waals surface area contributed by atoms with Crippen LogP contribution in [0.2, 0.25) is 0 Å². The highest BCUT2D eigenvalue weighted by Gasteiger charge is 2.54. The molecule has 152 valence electrons. The van der Waals surface area contributed by atoms with Gasteiger partial charge in [-0.05, 0) is 64.2 Å². The van der Waals surface area contributed by atoms with Gasteiger partial charge < -0.3 is 9.30 Å². The van der Waals surface area contributed by atoms with Crippen LogP contribution in [-0.2, 0) is 9.53 Å². The van der Waals surface area contributed by atoms with Crippen molar-refractivity contribution in [2.75, 3.05) is 6.54 Å². The Morgan fingerprint density at radius 1 is 1.10 bits per heavy atom. The Morgan fingerprint density at radius 3 is 2.52 bits per heavy atom. The van der Waals surface area contributed by atoms with Gasteiger partial charge in [0.05, 0.1) is 18.4 Å². The van der Waals surface area contributed by atoms with Crippen molar-refractivity contribution in [2.45, 2.75) is 58.5 Å². The van der Waals surface area contributed by atoms with Crippen LogP contribution in [0.5, 0.6) is 0 Å². The van der Waals surface area contributed by atoms with Crippen LogP contribution in [0.15, 0.2) is 24.5 Å². The van der Waals surface area contributed by atoms with Crippen LogP contribution in [0, 0.1) is 20.8 Å². The highest BCUT2D eigenvalue weighted by molar-refractivity contribution is 6.08. The van der Waals surface area contributed by atoms with Gasteiger partial charge in [-0.15, -0.1) is 0 Å². The van der Waals surface area contributed by atoms with E-state index in [0.717, 1.165) is 46.8 Å². The van der Waals surface area contributed by atoms with Crippen LogP contribution in [0.3, 0.4) is 0 Å². The van der Waals surface area contributed by atoms with Gasteiger partial charge in [0.2, 0.25) is 0 Å². The molecule has 1 aliphatic heterocycles. The van der Waals surface area contributed by atoms with Crippen molar-refractivity contribution in [3.63, 3.8) is 0 Å². The fraction of sp³-hybridized carbons (Fsp3) is 0.455. The summed E-state index contributed by atoms with van der Waals surface area (Å²) in [5.41, 5.74) is 2.97. The summed E-state index contributed by atoms with van der Waals surface area (Å²) in [7, 11) is 0. The number of aromatic nitrogens is 2. The van der Waals surface area contributed by atoms with E-state index in [1.807, 2.05) is 31.4 Å². The van der Waals surface area contributed by atoms with E-state index in [-0.39, 0.29) is 18.2 Å². The fourth-order valence-corrected chi connectivity index (χ4v) is 4.50. The first-order valence-corrected chi connectivity index (χ1v) is 10.0. The van der Waals surface area contributed by atoms with Crippen LogP contribution < -0.4 is 0 Å². The molecule has 0 unspecified atom stereocenters. The van der Waals surface area contributed by atoms with Gasteiger partial charge in [-0.25, -0.2) is 9.69 Å². The molecule has 3 heterocycles. The van der Waals surface area contributed by atoms with E-state index >= 15 is 0 Å². The number of imide groups is 1. The first kappa shape index (κ1) is 19.4. The van der Waals surface area contributed by atoms with E-state index in [1.165, 1.54) is 0 Å². The molecule has 1 aliphatic carbocycles. The van der Waals surface area contributed by atoms with Gasteiger partial charge in [-0.3, -0.25) is 14.6 Å². The van der Waals surface area contributed by atoms with Gasteiger partial charge in [0, 0.05) is 23.1 Å². The predicted molar refractivity (Wildman–Crippen MR) is 106 cm³/mol. The Hall–Kier alpha value is -2.96. The van der Waals surface area contributed by atoms with Crippen molar-refractivity contribution in [3.8, 4) is 5.69 Å². The summed E-state index contributed by atoms with van der Waals surface area (Å²) in [6, 6.07) is 3.79. The van der Waals surface area contributed by atoms with Crippen LogP contribution in [0.4, 0.5) is 4.79 Å². The number of hydrogen-bond acceptors (Lipinski definition) is 5. The number of carbonyl (C=O) groups excluding carboxylic acids is 3. The molecule has 2 aliphatic rings. The Labute approximate surface area is 169 Å². The predicted octanol–water partition coefficient (Wildman–Crippen LogP) is 3.66. The molecular weight excluding hydrogens is 370 g/mol. The quantitative estimate of drug-likeness (QED) is 0.738. The van der Waals surface area contributed by atoms with Gasteiger partial charge in [0.15, 0.2) is 11.4 Å². The Morgan fingerprint density at radius 2 is 1.83 bits per heavy atom.